The fourth-order valence-electron chi connectivity index (χ4n) is 0.484. The molecule has 3 N–H and O–H groups in total. The van der Waals surface area contributed by atoms with Crippen LogP contribution in [0.4, 0.5) is 0 Å². The van der Waals surface area contributed by atoms with E-state index in [0.29, 0.717) is 0 Å². The SMILES string of the molecule is CCC(C)(C(N)=O)S(=O)(=O)O. The Labute approximate surface area is 65.3 Å². The highest BCUT2D eigenvalue weighted by Crippen LogP contribution is 2.18. The maximum Gasteiger partial charge on any atom is 0.279 e. The molecule has 0 aliphatic heterocycles. The molecule has 0 saturated heterocycles. The maximum atomic E-state index is 10.6. The van der Waals surface area contributed by atoms with Gasteiger partial charge in [-0.1, -0.05) is 6.92 Å². The highest BCUT2D eigenvalue weighted by Gasteiger charge is 2.42. The first-order valence-corrected chi connectivity index (χ1v) is 4.46. The molecule has 0 spiro atoms. The first kappa shape index (κ1) is 10.4. The van der Waals surface area contributed by atoms with E-state index in [1.54, 1.807) is 0 Å². The Morgan fingerprint density at radius 3 is 2.00 bits per heavy atom. The zero-order valence-corrected chi connectivity index (χ0v) is 7.18. The van der Waals surface area contributed by atoms with Gasteiger partial charge in [-0.2, -0.15) is 8.42 Å². The van der Waals surface area contributed by atoms with E-state index in [1.807, 2.05) is 0 Å². The largest absolute Gasteiger partial charge is 0.368 e. The molecule has 5 nitrogen and oxygen atoms in total. The normalized spacial score (nSPS) is 17.4. The molecule has 0 bridgehead atoms. The predicted octanol–water partition coefficient (Wildman–Crippen LogP) is -0.472. The number of carbonyl (C=O) groups excluding carboxylic acids is 1. The lowest BCUT2D eigenvalue weighted by Crippen LogP contribution is -2.47. The molecular weight excluding hydrogens is 170 g/mol. The van der Waals surface area contributed by atoms with Gasteiger partial charge in [0.25, 0.3) is 10.1 Å². The van der Waals surface area contributed by atoms with Crippen LogP contribution < -0.4 is 5.73 Å². The lowest BCUT2D eigenvalue weighted by atomic mass is 10.1. The van der Waals surface area contributed by atoms with Gasteiger partial charge in [0.2, 0.25) is 5.91 Å². The topological polar surface area (TPSA) is 97.5 Å². The minimum Gasteiger partial charge on any atom is -0.368 e. The number of hydrogen-bond acceptors (Lipinski definition) is 3. The highest BCUT2D eigenvalue weighted by molar-refractivity contribution is 7.88. The molecule has 1 atom stereocenters. The van der Waals surface area contributed by atoms with E-state index in [9.17, 15) is 13.2 Å². The van der Waals surface area contributed by atoms with Crippen LogP contribution in [0.2, 0.25) is 0 Å². The van der Waals surface area contributed by atoms with E-state index >= 15 is 0 Å². The van der Waals surface area contributed by atoms with Crippen LogP contribution in [0.5, 0.6) is 0 Å². The lowest BCUT2D eigenvalue weighted by Gasteiger charge is -2.19. The zero-order chi connectivity index (χ0) is 9.28. The average Bonchev–Trinajstić information content (AvgIpc) is 1.83. The van der Waals surface area contributed by atoms with Gasteiger partial charge in [0.15, 0.2) is 4.75 Å². The molecule has 0 aromatic rings. The maximum absolute atomic E-state index is 10.6. The summed E-state index contributed by atoms with van der Waals surface area (Å²) in [6.07, 6.45) is -0.0405. The Morgan fingerprint density at radius 1 is 1.64 bits per heavy atom. The molecule has 0 aromatic heterocycles. The van der Waals surface area contributed by atoms with Gasteiger partial charge in [-0.3, -0.25) is 9.35 Å². The fraction of sp³-hybridized carbons (Fsp3) is 0.800. The van der Waals surface area contributed by atoms with E-state index < -0.39 is 20.8 Å². The van der Waals surface area contributed by atoms with E-state index in [-0.39, 0.29) is 6.42 Å². The predicted molar refractivity (Wildman–Crippen MR) is 39.4 cm³/mol. The first-order chi connectivity index (χ1) is 4.75. The van der Waals surface area contributed by atoms with Crippen molar-refractivity contribution < 1.29 is 17.8 Å². The molecule has 1 amide bonds. The molecule has 0 saturated carbocycles. The van der Waals surface area contributed by atoms with E-state index in [4.69, 9.17) is 10.3 Å². The standard InChI is InChI=1S/C5H11NO4S/c1-3-5(2,4(6)7)11(8,9)10/h3H2,1-2H3,(H2,6,7)(H,8,9,10). The number of nitrogens with two attached hydrogens (primary N) is 1. The van der Waals surface area contributed by atoms with Crippen LogP contribution in [-0.2, 0) is 14.9 Å². The summed E-state index contributed by atoms with van der Waals surface area (Å²) in [7, 11) is -4.39. The summed E-state index contributed by atoms with van der Waals surface area (Å²) in [5.74, 6) is -1.04. The van der Waals surface area contributed by atoms with Gasteiger partial charge in [0.1, 0.15) is 0 Å². The third kappa shape index (κ3) is 1.69. The van der Waals surface area contributed by atoms with Crippen LogP contribution in [-0.4, -0.2) is 23.6 Å². The van der Waals surface area contributed by atoms with Gasteiger partial charge in [0.05, 0.1) is 0 Å². The molecule has 0 rings (SSSR count). The fourth-order valence-corrected chi connectivity index (χ4v) is 1.10. The summed E-state index contributed by atoms with van der Waals surface area (Å²) in [4.78, 5) is 10.6. The third-order valence-electron chi connectivity index (χ3n) is 1.77. The molecule has 0 heterocycles. The summed E-state index contributed by atoms with van der Waals surface area (Å²) in [5.41, 5.74) is 4.79. The number of carbonyl (C=O) groups is 1. The van der Waals surface area contributed by atoms with Crippen LogP contribution >= 0.6 is 0 Å². The average molecular weight is 181 g/mol. The molecular formula is C5H11NO4S. The summed E-state index contributed by atoms with van der Waals surface area (Å²) >= 11 is 0. The minimum absolute atomic E-state index is 0.0405. The smallest absolute Gasteiger partial charge is 0.279 e. The van der Waals surface area contributed by atoms with E-state index in [1.165, 1.54) is 6.92 Å². The molecule has 11 heavy (non-hydrogen) atoms. The van der Waals surface area contributed by atoms with Gasteiger partial charge >= 0.3 is 0 Å². The van der Waals surface area contributed by atoms with Crippen molar-refractivity contribution in [2.45, 2.75) is 25.0 Å². The second kappa shape index (κ2) is 2.78. The number of rotatable bonds is 3. The number of amides is 1. The summed E-state index contributed by atoms with van der Waals surface area (Å²) in [5, 5.41) is 0. The molecule has 0 aliphatic rings. The van der Waals surface area contributed by atoms with Crippen LogP contribution in [0.15, 0.2) is 0 Å². The lowest BCUT2D eigenvalue weighted by molar-refractivity contribution is -0.120. The number of primary amides is 1. The Bertz CT molecular complexity index is 258. The zero-order valence-electron chi connectivity index (χ0n) is 6.36. The molecule has 1 unspecified atom stereocenters. The third-order valence-corrected chi connectivity index (χ3v) is 3.39. The van der Waals surface area contributed by atoms with Crippen molar-refractivity contribution in [3.63, 3.8) is 0 Å². The van der Waals surface area contributed by atoms with Gasteiger partial charge in [-0.15, -0.1) is 0 Å². The van der Waals surface area contributed by atoms with Crippen LogP contribution in [0.1, 0.15) is 20.3 Å². The van der Waals surface area contributed by atoms with Crippen molar-refractivity contribution in [3.05, 3.63) is 0 Å². The molecule has 66 valence electrons. The van der Waals surface area contributed by atoms with Gasteiger partial charge in [-0.25, -0.2) is 0 Å². The van der Waals surface area contributed by atoms with E-state index in [2.05, 4.69) is 0 Å². The highest BCUT2D eigenvalue weighted by atomic mass is 32.2. The van der Waals surface area contributed by atoms with Gasteiger partial charge < -0.3 is 5.73 Å². The van der Waals surface area contributed by atoms with Crippen molar-refractivity contribution in [2.24, 2.45) is 5.73 Å². The van der Waals surface area contributed by atoms with Gasteiger partial charge in [-0.05, 0) is 13.3 Å². The Kier molecular flexibility index (Phi) is 2.63. The van der Waals surface area contributed by atoms with Crippen LogP contribution in [0.25, 0.3) is 0 Å². The molecule has 0 radical (unpaired) electrons. The Hall–Kier alpha value is -0.620. The summed E-state index contributed by atoms with van der Waals surface area (Å²) < 4.78 is 27.9. The number of hydrogen-bond donors (Lipinski definition) is 2. The van der Waals surface area contributed by atoms with Crippen LogP contribution in [0.3, 0.4) is 0 Å². The van der Waals surface area contributed by atoms with Crippen molar-refractivity contribution >= 4 is 16.0 Å². The molecule has 0 fully saturated rings. The molecule has 0 aliphatic carbocycles. The second-order valence-corrected chi connectivity index (χ2v) is 4.27. The van der Waals surface area contributed by atoms with Crippen molar-refractivity contribution in [2.75, 3.05) is 0 Å². The first-order valence-electron chi connectivity index (χ1n) is 3.02. The second-order valence-electron chi connectivity index (χ2n) is 2.42. The van der Waals surface area contributed by atoms with Crippen molar-refractivity contribution in [1.82, 2.24) is 0 Å². The summed E-state index contributed by atoms with van der Waals surface area (Å²) in [6, 6.07) is 0. The van der Waals surface area contributed by atoms with Gasteiger partial charge in [0, 0.05) is 0 Å². The quantitative estimate of drug-likeness (QED) is 0.575. The Balaban J connectivity index is 5.09. The Morgan fingerprint density at radius 2 is 2.00 bits per heavy atom. The monoisotopic (exact) mass is 181 g/mol. The molecule has 0 aromatic carbocycles. The minimum atomic E-state index is -4.39. The van der Waals surface area contributed by atoms with Crippen LogP contribution in [0, 0.1) is 0 Å². The summed E-state index contributed by atoms with van der Waals surface area (Å²) in [6.45, 7) is 2.54. The van der Waals surface area contributed by atoms with E-state index in [0.717, 1.165) is 6.92 Å². The van der Waals surface area contributed by atoms with Crippen molar-refractivity contribution in [1.29, 1.82) is 0 Å². The van der Waals surface area contributed by atoms with Crippen molar-refractivity contribution in [3.8, 4) is 0 Å². The molecule has 6 heteroatoms.